The first-order valence-corrected chi connectivity index (χ1v) is 45.8. The summed E-state index contributed by atoms with van der Waals surface area (Å²) in [7, 11) is -35.6. The lowest BCUT2D eigenvalue weighted by Crippen LogP contribution is -2.15. The van der Waals surface area contributed by atoms with Crippen molar-refractivity contribution in [2.45, 2.75) is 197 Å². The number of aromatic amines is 2. The maximum absolute atomic E-state index is 14.6. The van der Waals surface area contributed by atoms with Crippen molar-refractivity contribution in [3.8, 4) is 45.6 Å². The van der Waals surface area contributed by atoms with Gasteiger partial charge in [0.05, 0.1) is 85.2 Å². The molecule has 0 radical (unpaired) electrons. The van der Waals surface area contributed by atoms with Crippen molar-refractivity contribution in [1.29, 1.82) is 0 Å². The van der Waals surface area contributed by atoms with E-state index < -0.39 is 164 Å². The Balaban J connectivity index is 1.60. The van der Waals surface area contributed by atoms with Gasteiger partial charge >= 0.3 is 0 Å². The molecule has 0 saturated carbocycles. The third kappa shape index (κ3) is 15.0. The molecule has 2 N–H and O–H groups in total. The summed E-state index contributed by atoms with van der Waals surface area (Å²) in [6.45, 7) is 14.1. The van der Waals surface area contributed by atoms with Crippen LogP contribution in [0.2, 0.25) is 0 Å². The molecule has 96 heavy (non-hydrogen) atoms. The van der Waals surface area contributed by atoms with Crippen molar-refractivity contribution < 1.29 is 67.3 Å². The maximum Gasteiger partial charge on any atom is 0.179 e. The normalized spacial score (nSPS) is 13.4. The van der Waals surface area contributed by atoms with E-state index in [4.69, 9.17) is 29.9 Å². The number of fused-ring (bicyclic) bond motifs is 20. The predicted molar refractivity (Wildman–Crippen MR) is 372 cm³/mol. The second-order valence-electron chi connectivity index (χ2n) is 24.4. The lowest BCUT2D eigenvalue weighted by molar-refractivity contribution is 0.579. The third-order valence-corrected chi connectivity index (χ3v) is 32.1. The Morgan fingerprint density at radius 3 is 0.521 bits per heavy atom. The topological polar surface area (TPSA) is 382 Å². The van der Waals surface area contributed by atoms with Gasteiger partial charge in [0, 0.05) is 43.8 Å². The van der Waals surface area contributed by atoms with Gasteiger partial charge in [-0.15, -0.1) is 0 Å². The minimum Gasteiger partial charge on any atom is -0.324 e. The summed E-state index contributed by atoms with van der Waals surface area (Å²) >= 11 is 0. The number of sulfone groups is 8. The largest absolute Gasteiger partial charge is 0.324 e. The van der Waals surface area contributed by atoms with Gasteiger partial charge in [-0.25, -0.2) is 97.2 Å². The van der Waals surface area contributed by atoms with Crippen molar-refractivity contribution in [3.63, 3.8) is 0 Å². The van der Waals surface area contributed by atoms with Gasteiger partial charge in [-0.1, -0.05) is 107 Å². The molecule has 8 bridgehead atoms. The van der Waals surface area contributed by atoms with Crippen LogP contribution in [0.3, 0.4) is 0 Å². The molecule has 32 heteroatoms. The highest BCUT2D eigenvalue weighted by atomic mass is 32.2. The molecule has 522 valence electrons. The van der Waals surface area contributed by atoms with E-state index in [1.165, 1.54) is 0 Å². The minimum atomic E-state index is -4.45. The fraction of sp³-hybridized carbons (Fsp3) is 0.500. The molecular formula is C64H82N8O16S8. The molecule has 9 rings (SSSR count). The molecule has 0 unspecified atom stereocenters. The summed E-state index contributed by atoms with van der Waals surface area (Å²) in [5.74, 6) is -5.15. The third-order valence-electron chi connectivity index (χ3n) is 16.9. The van der Waals surface area contributed by atoms with Gasteiger partial charge in [-0.3, -0.25) is 0 Å². The van der Waals surface area contributed by atoms with Crippen LogP contribution in [0.1, 0.15) is 158 Å². The van der Waals surface area contributed by atoms with Gasteiger partial charge in [-0.05, 0) is 99.9 Å². The van der Waals surface area contributed by atoms with Crippen LogP contribution in [0.15, 0.2) is 87.7 Å². The van der Waals surface area contributed by atoms with Crippen LogP contribution in [0.5, 0.6) is 0 Å². The number of benzene rings is 4. The molecule has 4 aromatic carbocycles. The first kappa shape index (κ1) is 74.1. The molecule has 2 aliphatic rings. The Bertz CT molecular complexity index is 4730. The van der Waals surface area contributed by atoms with E-state index in [1.807, 2.05) is 0 Å². The molecule has 0 fully saturated rings. The molecule has 3 aromatic heterocycles. The predicted octanol–water partition coefficient (Wildman–Crippen LogP) is 11.5. The van der Waals surface area contributed by atoms with Crippen molar-refractivity contribution in [2.75, 3.05) is 46.0 Å². The smallest absolute Gasteiger partial charge is 0.179 e. The molecule has 0 amide bonds. The van der Waals surface area contributed by atoms with Crippen LogP contribution in [0.4, 0.5) is 0 Å². The van der Waals surface area contributed by atoms with Gasteiger partial charge in [0.15, 0.2) is 102 Å². The number of aromatic nitrogens is 8. The molecule has 2 aliphatic heterocycles. The van der Waals surface area contributed by atoms with Crippen molar-refractivity contribution >= 4 is 123 Å². The molecule has 0 saturated heterocycles. The fourth-order valence-electron chi connectivity index (χ4n) is 11.3. The van der Waals surface area contributed by atoms with E-state index in [-0.39, 0.29) is 141 Å². The number of hydrogen-bond acceptors (Lipinski definition) is 22. The summed E-state index contributed by atoms with van der Waals surface area (Å²) in [5, 5.41) is -0.330. The number of hydrogen-bond donors (Lipinski definition) is 2. The zero-order valence-electron chi connectivity index (χ0n) is 55.1. The lowest BCUT2D eigenvalue weighted by Gasteiger charge is -2.14. The standard InChI is InChI=1S/C64H82N8O16S8/c1-9-17-25-89(73,74)49-33-41-42(34-50(49)90(75,76)26-18-10-2)58-65-57(41)69-59-43-35-51(91(77,78)27-19-11-3)52(92(79,80)28-20-12-4)36-44(43)61(66-59)71-63-47-39-55(95(85,86)31-23-15-7)56(96(87,88)32-24-16-8)40-48(47)64(68-63)72-62-46-38-54(94(83,84)30-22-14-6)53(93(81,82)29-21-13-5)37-45(46)60(67-62)70-58/h33-40H,9-32H2,1-8H3,(H2,65,66,67,68,69,70,71,72). The van der Waals surface area contributed by atoms with Crippen LogP contribution in [0.25, 0.3) is 89.7 Å². The number of rotatable bonds is 32. The zero-order chi connectivity index (χ0) is 70.1. The van der Waals surface area contributed by atoms with E-state index in [0.717, 1.165) is 48.5 Å². The molecule has 0 atom stereocenters. The molecular weight excluding hydrogens is 1390 g/mol. The monoisotopic (exact) mass is 1470 g/mol. The lowest BCUT2D eigenvalue weighted by atomic mass is 10.1. The van der Waals surface area contributed by atoms with Gasteiger partial charge in [0.25, 0.3) is 0 Å². The average molecular weight is 1480 g/mol. The zero-order valence-corrected chi connectivity index (χ0v) is 61.6. The van der Waals surface area contributed by atoms with E-state index in [9.17, 15) is 67.3 Å². The second-order valence-corrected chi connectivity index (χ2v) is 41.0. The number of nitrogens with one attached hydrogen (secondary N) is 2. The average Bonchev–Trinajstić information content (AvgIpc) is 1.48. The summed E-state index contributed by atoms with van der Waals surface area (Å²) in [6.07, 6.45) is 4.44. The van der Waals surface area contributed by atoms with E-state index in [0.29, 0.717) is 51.4 Å². The molecule has 7 aromatic rings. The van der Waals surface area contributed by atoms with E-state index >= 15 is 0 Å². The molecule has 24 nitrogen and oxygen atoms in total. The maximum atomic E-state index is 14.6. The Hall–Kier alpha value is -6.16. The Kier molecular flexibility index (Phi) is 22.3. The van der Waals surface area contributed by atoms with Crippen LogP contribution < -0.4 is 0 Å². The molecule has 0 aliphatic carbocycles. The highest BCUT2D eigenvalue weighted by Gasteiger charge is 2.37. The first-order valence-electron chi connectivity index (χ1n) is 32.6. The molecule has 5 heterocycles. The van der Waals surface area contributed by atoms with Crippen molar-refractivity contribution in [3.05, 3.63) is 48.5 Å². The quantitative estimate of drug-likeness (QED) is 0.0395. The summed E-state index contributed by atoms with van der Waals surface area (Å²) in [6, 6.07) is 9.03. The Morgan fingerprint density at radius 1 is 0.229 bits per heavy atom. The minimum absolute atomic E-state index is 0.0826. The first-order chi connectivity index (χ1) is 45.2. The number of unbranched alkanes of at least 4 members (excludes halogenated alkanes) is 8. The summed E-state index contributed by atoms with van der Waals surface area (Å²) in [4.78, 5) is 31.2. The SMILES string of the molecule is CCCCS(=O)(=O)c1cc2c(cc1S(=O)(=O)CCCC)-c1nc-2nc2[nH]c(nc3nc(nc4[nH]c(n1)c1cc(S(=O)(=O)CCCC)c(S(=O)(=O)CCCC)cc41)-c1cc(S(=O)(=O)CCCC)c(S(=O)(=O)CCCC)cc1-3)c1cc(S(=O)(=O)CCCC)c(S(=O)(=O)CCCC)cc21. The fourth-order valence-corrected chi connectivity index (χ4v) is 26.8. The van der Waals surface area contributed by atoms with E-state index in [2.05, 4.69) is 9.97 Å². The van der Waals surface area contributed by atoms with Gasteiger partial charge < -0.3 is 9.97 Å². The van der Waals surface area contributed by atoms with Crippen molar-refractivity contribution in [1.82, 2.24) is 39.9 Å². The van der Waals surface area contributed by atoms with E-state index in [1.54, 1.807) is 55.4 Å². The number of H-pyrrole nitrogens is 2. The second kappa shape index (κ2) is 29.0. The number of nitrogens with zero attached hydrogens (tertiary/aromatic N) is 6. The van der Waals surface area contributed by atoms with Crippen LogP contribution in [0, 0.1) is 0 Å². The van der Waals surface area contributed by atoms with Gasteiger partial charge in [-0.2, -0.15) is 0 Å². The highest BCUT2D eigenvalue weighted by molar-refractivity contribution is 7.96. The van der Waals surface area contributed by atoms with Crippen LogP contribution >= 0.6 is 0 Å². The molecule has 0 spiro atoms. The Labute approximate surface area is 563 Å². The Morgan fingerprint density at radius 2 is 0.375 bits per heavy atom. The van der Waals surface area contributed by atoms with Crippen LogP contribution in [-0.4, -0.2) is 153 Å². The van der Waals surface area contributed by atoms with Crippen molar-refractivity contribution in [2.24, 2.45) is 0 Å². The van der Waals surface area contributed by atoms with Gasteiger partial charge in [0.2, 0.25) is 0 Å². The van der Waals surface area contributed by atoms with Gasteiger partial charge in [0.1, 0.15) is 22.6 Å². The summed E-state index contributed by atoms with van der Waals surface area (Å²) in [5.41, 5.74) is -1.50. The highest BCUT2D eigenvalue weighted by Crippen LogP contribution is 2.44. The summed E-state index contributed by atoms with van der Waals surface area (Å²) < 4.78 is 234. The van der Waals surface area contributed by atoms with Crippen LogP contribution in [-0.2, 0) is 78.7 Å².